The number of halogens is 2. The minimum absolute atomic E-state index is 0.0262. The molecule has 0 bridgehead atoms. The molecule has 1 aliphatic carbocycles. The highest BCUT2D eigenvalue weighted by Crippen LogP contribution is 2.37. The number of hydrogen-bond acceptors (Lipinski definition) is 6. The smallest absolute Gasteiger partial charge is 0.256 e. The van der Waals surface area contributed by atoms with Crippen molar-refractivity contribution in [2.75, 3.05) is 18.4 Å². The van der Waals surface area contributed by atoms with E-state index in [1.165, 1.54) is 12.1 Å². The Bertz CT molecular complexity index is 1760. The molecule has 2 fully saturated rings. The number of aliphatic hydroxyl groups is 1. The predicted octanol–water partition coefficient (Wildman–Crippen LogP) is 4.73. The number of amides is 2. The summed E-state index contributed by atoms with van der Waals surface area (Å²) in [6, 6.07) is 9.68. The Labute approximate surface area is 260 Å². The van der Waals surface area contributed by atoms with Gasteiger partial charge in [-0.25, -0.2) is 8.42 Å². The second-order valence-corrected chi connectivity index (χ2v) is 14.3. The SMILES string of the molecule is Cc1[nH]c(/C=C2\C(=O)Nc3ccc(S(=O)(=O)Cc4c(Cl)cccc4Cl)cc32)c(C)c1C(=O)N1C[C@H](O)C[C@@H]1CNC1CC1. The first-order chi connectivity index (χ1) is 20.4. The van der Waals surface area contributed by atoms with Crippen molar-refractivity contribution in [2.45, 2.75) is 61.9 Å². The summed E-state index contributed by atoms with van der Waals surface area (Å²) in [5.41, 5.74) is 3.90. The van der Waals surface area contributed by atoms with Gasteiger partial charge in [0.25, 0.3) is 11.8 Å². The average Bonchev–Trinajstić information content (AvgIpc) is 3.54. The van der Waals surface area contributed by atoms with Gasteiger partial charge in [0.2, 0.25) is 0 Å². The third kappa shape index (κ3) is 5.86. The van der Waals surface area contributed by atoms with Crippen molar-refractivity contribution >= 4 is 62.2 Å². The second kappa shape index (κ2) is 11.4. The number of aliphatic hydroxyl groups excluding tert-OH is 1. The molecule has 12 heteroatoms. The van der Waals surface area contributed by atoms with Crippen molar-refractivity contribution in [3.05, 3.63) is 80.1 Å². The highest BCUT2D eigenvalue weighted by atomic mass is 35.5. The molecule has 43 heavy (non-hydrogen) atoms. The number of H-pyrrole nitrogens is 1. The highest BCUT2D eigenvalue weighted by Gasteiger charge is 2.37. The van der Waals surface area contributed by atoms with Gasteiger partial charge in [0, 0.05) is 63.4 Å². The molecule has 3 aromatic rings. The maximum atomic E-state index is 13.8. The lowest BCUT2D eigenvalue weighted by molar-refractivity contribution is -0.110. The zero-order valence-corrected chi connectivity index (χ0v) is 26.0. The van der Waals surface area contributed by atoms with Gasteiger partial charge in [-0.2, -0.15) is 0 Å². The molecule has 2 atom stereocenters. The average molecular weight is 644 g/mol. The Morgan fingerprint density at radius 2 is 1.88 bits per heavy atom. The Morgan fingerprint density at radius 1 is 1.16 bits per heavy atom. The molecular formula is C31H32Cl2N4O5S. The summed E-state index contributed by atoms with van der Waals surface area (Å²) in [5.74, 6) is -0.946. The van der Waals surface area contributed by atoms with Crippen molar-refractivity contribution in [1.29, 1.82) is 0 Å². The predicted molar refractivity (Wildman–Crippen MR) is 167 cm³/mol. The van der Waals surface area contributed by atoms with Crippen molar-refractivity contribution in [1.82, 2.24) is 15.2 Å². The zero-order chi connectivity index (χ0) is 30.6. The molecule has 3 aliphatic rings. The summed E-state index contributed by atoms with van der Waals surface area (Å²) in [4.78, 5) is 31.8. The molecule has 226 valence electrons. The van der Waals surface area contributed by atoms with Crippen LogP contribution in [0.3, 0.4) is 0 Å². The number of fused-ring (bicyclic) bond motifs is 1. The molecular weight excluding hydrogens is 611 g/mol. The third-order valence-corrected chi connectivity index (χ3v) is 10.7. The summed E-state index contributed by atoms with van der Waals surface area (Å²) in [7, 11) is -3.86. The van der Waals surface area contributed by atoms with E-state index in [9.17, 15) is 23.1 Å². The number of rotatable bonds is 8. The highest BCUT2D eigenvalue weighted by molar-refractivity contribution is 7.90. The van der Waals surface area contributed by atoms with Crippen molar-refractivity contribution in [3.8, 4) is 0 Å². The molecule has 1 saturated carbocycles. The van der Waals surface area contributed by atoms with Crippen LogP contribution >= 0.6 is 23.2 Å². The lowest BCUT2D eigenvalue weighted by Gasteiger charge is -2.25. The molecule has 1 saturated heterocycles. The minimum Gasteiger partial charge on any atom is -0.391 e. The maximum Gasteiger partial charge on any atom is 0.256 e. The normalized spacial score (nSPS) is 21.0. The van der Waals surface area contributed by atoms with E-state index >= 15 is 0 Å². The number of likely N-dealkylation sites (tertiary alicyclic amines) is 1. The molecule has 1 aromatic heterocycles. The van der Waals surface area contributed by atoms with Gasteiger partial charge in [-0.3, -0.25) is 9.59 Å². The summed E-state index contributed by atoms with van der Waals surface area (Å²) < 4.78 is 26.8. The number of aromatic amines is 1. The fourth-order valence-electron chi connectivity index (χ4n) is 5.90. The van der Waals surface area contributed by atoms with Gasteiger partial charge in [-0.15, -0.1) is 0 Å². The Hall–Kier alpha value is -3.15. The zero-order valence-electron chi connectivity index (χ0n) is 23.7. The standard InChI is InChI=1S/C31H32Cl2N4O5S/c1-16-28(35-17(2)29(16)31(40)37-14-20(38)10-19(37)13-34-18-6-7-18)12-23-22-11-21(8-9-27(22)36-30(23)39)43(41,42)15-24-25(32)4-3-5-26(24)33/h3-5,8-9,11-12,18-20,34-35,38H,6-7,10,13-15H2,1-2H3,(H,36,39)/b23-12-/t19-,20-/m1/s1. The summed E-state index contributed by atoms with van der Waals surface area (Å²) in [5, 5.41) is 17.1. The van der Waals surface area contributed by atoms with Crippen LogP contribution in [0, 0.1) is 13.8 Å². The molecule has 0 spiro atoms. The quantitative estimate of drug-likeness (QED) is 0.263. The van der Waals surface area contributed by atoms with E-state index in [2.05, 4.69) is 15.6 Å². The molecule has 4 N–H and O–H groups in total. The molecule has 9 nitrogen and oxygen atoms in total. The topological polar surface area (TPSA) is 132 Å². The number of nitrogens with one attached hydrogen (secondary N) is 3. The van der Waals surface area contributed by atoms with Crippen LogP contribution in [0.1, 0.15) is 57.7 Å². The van der Waals surface area contributed by atoms with Crippen molar-refractivity contribution in [2.24, 2.45) is 0 Å². The molecule has 2 amide bonds. The van der Waals surface area contributed by atoms with Crippen LogP contribution in [-0.4, -0.2) is 66.5 Å². The first-order valence-corrected chi connectivity index (χ1v) is 16.6. The Morgan fingerprint density at radius 3 is 2.58 bits per heavy atom. The number of nitrogens with zero attached hydrogens (tertiary/aromatic N) is 1. The molecule has 0 unspecified atom stereocenters. The fourth-order valence-corrected chi connectivity index (χ4v) is 8.02. The number of aryl methyl sites for hydroxylation is 1. The molecule has 2 aromatic carbocycles. The van der Waals surface area contributed by atoms with Gasteiger partial charge in [-0.1, -0.05) is 29.3 Å². The second-order valence-electron chi connectivity index (χ2n) is 11.5. The van der Waals surface area contributed by atoms with Crippen molar-refractivity contribution in [3.63, 3.8) is 0 Å². The van der Waals surface area contributed by atoms with Crippen molar-refractivity contribution < 1.29 is 23.1 Å². The lowest BCUT2D eigenvalue weighted by atomic mass is 10.0. The van der Waals surface area contributed by atoms with Crippen LogP contribution in [0.25, 0.3) is 11.6 Å². The van der Waals surface area contributed by atoms with Crippen LogP contribution in [-0.2, 0) is 20.4 Å². The van der Waals surface area contributed by atoms with Crippen LogP contribution in [0.5, 0.6) is 0 Å². The number of sulfone groups is 1. The Balaban J connectivity index is 1.30. The molecule has 0 radical (unpaired) electrons. The number of anilines is 1. The summed E-state index contributed by atoms with van der Waals surface area (Å²) in [6.07, 6.45) is 3.87. The number of benzene rings is 2. The number of aromatic nitrogens is 1. The first kappa shape index (κ1) is 29.9. The molecule has 3 heterocycles. The molecule has 2 aliphatic heterocycles. The van der Waals surface area contributed by atoms with Gasteiger partial charge in [0.1, 0.15) is 0 Å². The maximum absolute atomic E-state index is 13.8. The first-order valence-electron chi connectivity index (χ1n) is 14.2. The van der Waals surface area contributed by atoms with Crippen LogP contribution in [0.4, 0.5) is 5.69 Å². The minimum atomic E-state index is -3.86. The third-order valence-electron chi connectivity index (χ3n) is 8.38. The molecule has 6 rings (SSSR count). The van der Waals surface area contributed by atoms with Gasteiger partial charge in [0.15, 0.2) is 9.84 Å². The van der Waals surface area contributed by atoms with Crippen LogP contribution in [0.2, 0.25) is 10.0 Å². The van der Waals surface area contributed by atoms with Gasteiger partial charge >= 0.3 is 0 Å². The lowest BCUT2D eigenvalue weighted by Crippen LogP contribution is -2.42. The largest absolute Gasteiger partial charge is 0.391 e. The number of carbonyl (C=O) groups is 2. The Kier molecular flexibility index (Phi) is 7.93. The van der Waals surface area contributed by atoms with Crippen LogP contribution in [0.15, 0.2) is 41.3 Å². The van der Waals surface area contributed by atoms with E-state index in [1.807, 2.05) is 6.92 Å². The number of hydrogen-bond donors (Lipinski definition) is 4. The van der Waals surface area contributed by atoms with Gasteiger partial charge in [0.05, 0.1) is 27.9 Å². The number of carbonyl (C=O) groups excluding carboxylic acids is 2. The van der Waals surface area contributed by atoms with Gasteiger partial charge < -0.3 is 25.6 Å². The van der Waals surface area contributed by atoms with E-state index < -0.39 is 21.7 Å². The van der Waals surface area contributed by atoms with E-state index in [-0.39, 0.29) is 44.9 Å². The van der Waals surface area contributed by atoms with Gasteiger partial charge in [-0.05, 0) is 75.1 Å². The fraction of sp³-hybridized carbons (Fsp3) is 0.355. The van der Waals surface area contributed by atoms with E-state index in [0.29, 0.717) is 58.3 Å². The van der Waals surface area contributed by atoms with E-state index in [4.69, 9.17) is 23.2 Å². The number of β-amino-alcohol motifs (C(OH)–C–C–N with tert-alkyl or cyclic N) is 1. The van der Waals surface area contributed by atoms with E-state index in [0.717, 1.165) is 12.8 Å². The summed E-state index contributed by atoms with van der Waals surface area (Å²) >= 11 is 12.5. The summed E-state index contributed by atoms with van der Waals surface area (Å²) in [6.45, 7) is 4.52. The van der Waals surface area contributed by atoms with E-state index in [1.54, 1.807) is 42.2 Å². The monoisotopic (exact) mass is 642 g/mol. The van der Waals surface area contributed by atoms with Crippen LogP contribution < -0.4 is 10.6 Å².